The Morgan fingerprint density at radius 3 is 2.68 bits per heavy atom. The molecule has 0 bridgehead atoms. The molecule has 1 aliphatic rings. The van der Waals surface area contributed by atoms with Crippen LogP contribution in [0.3, 0.4) is 0 Å². The maximum Gasteiger partial charge on any atom is 0.341 e. The molecule has 1 atom stereocenters. The topological polar surface area (TPSA) is 79.5 Å². The van der Waals surface area contributed by atoms with Gasteiger partial charge >= 0.3 is 5.97 Å². The number of fused-ring (bicyclic) bond motifs is 1. The van der Waals surface area contributed by atoms with Gasteiger partial charge in [0.05, 0.1) is 12.7 Å². The number of anilines is 2. The second-order valence-electron chi connectivity index (χ2n) is 8.38. The summed E-state index contributed by atoms with van der Waals surface area (Å²) in [7, 11) is 1.40. The molecular formula is C26H27N3O3S2. The summed E-state index contributed by atoms with van der Waals surface area (Å²) in [6, 6.07) is 16.9. The number of rotatable bonds is 6. The van der Waals surface area contributed by atoms with Gasteiger partial charge < -0.3 is 20.7 Å². The van der Waals surface area contributed by atoms with Gasteiger partial charge in [-0.15, -0.1) is 11.3 Å². The van der Waals surface area contributed by atoms with Gasteiger partial charge in [-0.3, -0.25) is 4.79 Å². The van der Waals surface area contributed by atoms with E-state index in [4.69, 9.17) is 17.0 Å². The fourth-order valence-electron chi connectivity index (χ4n) is 4.04. The molecule has 8 heteroatoms. The summed E-state index contributed by atoms with van der Waals surface area (Å²) in [5.74, 6) is 0.0687. The van der Waals surface area contributed by atoms with E-state index in [1.54, 1.807) is 29.5 Å². The van der Waals surface area contributed by atoms with Crippen LogP contribution in [0.2, 0.25) is 0 Å². The number of amides is 1. The maximum atomic E-state index is 12.6. The zero-order chi connectivity index (χ0) is 24.1. The first-order valence-electron chi connectivity index (χ1n) is 11.2. The number of hydrogen-bond acceptors (Lipinski definition) is 5. The van der Waals surface area contributed by atoms with Crippen LogP contribution < -0.4 is 16.0 Å². The fraction of sp³-hybridized carbons (Fsp3) is 0.269. The van der Waals surface area contributed by atoms with E-state index in [9.17, 15) is 9.59 Å². The Hall–Kier alpha value is -3.23. The van der Waals surface area contributed by atoms with Crippen molar-refractivity contribution in [2.24, 2.45) is 5.92 Å². The Balaban J connectivity index is 1.44. The molecule has 1 aromatic heterocycles. The molecule has 0 saturated carbocycles. The zero-order valence-corrected chi connectivity index (χ0v) is 20.8. The third-order valence-corrected chi connectivity index (χ3v) is 7.18. The number of carbonyl (C=O) groups excluding carboxylic acids is 2. The zero-order valence-electron chi connectivity index (χ0n) is 19.1. The Labute approximate surface area is 208 Å². The predicted molar refractivity (Wildman–Crippen MR) is 141 cm³/mol. The number of nitrogens with one attached hydrogen (secondary N) is 3. The van der Waals surface area contributed by atoms with Crippen molar-refractivity contribution in [3.05, 3.63) is 81.7 Å². The number of ether oxygens (including phenoxy) is 1. The summed E-state index contributed by atoms with van der Waals surface area (Å²) in [6.45, 7) is 2.68. The number of thiocarbonyl (C=S) groups is 1. The van der Waals surface area contributed by atoms with Gasteiger partial charge in [-0.25, -0.2) is 4.79 Å². The van der Waals surface area contributed by atoms with E-state index < -0.39 is 0 Å². The molecule has 0 aliphatic heterocycles. The Bertz CT molecular complexity index is 1210. The third kappa shape index (κ3) is 5.63. The van der Waals surface area contributed by atoms with Gasteiger partial charge in [-0.05, 0) is 66.7 Å². The van der Waals surface area contributed by atoms with Gasteiger partial charge in [-0.1, -0.05) is 43.3 Å². The van der Waals surface area contributed by atoms with Gasteiger partial charge in [0.25, 0.3) is 5.91 Å². The molecule has 1 unspecified atom stereocenters. The highest BCUT2D eigenvalue weighted by Gasteiger charge is 2.28. The van der Waals surface area contributed by atoms with Gasteiger partial charge in [0, 0.05) is 22.7 Å². The molecule has 2 aromatic carbocycles. The molecule has 1 aliphatic carbocycles. The quantitative estimate of drug-likeness (QED) is 0.315. The number of thiophene rings is 1. The van der Waals surface area contributed by atoms with E-state index in [1.807, 2.05) is 36.4 Å². The second kappa shape index (κ2) is 10.8. The highest BCUT2D eigenvalue weighted by Crippen LogP contribution is 2.40. The van der Waals surface area contributed by atoms with E-state index in [-0.39, 0.29) is 11.9 Å². The molecule has 0 saturated heterocycles. The lowest BCUT2D eigenvalue weighted by Gasteiger charge is -2.18. The monoisotopic (exact) mass is 493 g/mol. The Kier molecular flexibility index (Phi) is 7.59. The Morgan fingerprint density at radius 2 is 1.91 bits per heavy atom. The van der Waals surface area contributed by atoms with Crippen molar-refractivity contribution in [1.29, 1.82) is 0 Å². The summed E-state index contributed by atoms with van der Waals surface area (Å²) < 4.78 is 5.04. The molecular weight excluding hydrogens is 466 g/mol. The van der Waals surface area contributed by atoms with Crippen LogP contribution >= 0.6 is 23.6 Å². The number of hydrogen-bond donors (Lipinski definition) is 3. The number of carbonyl (C=O) groups is 2. The SMILES string of the molecule is COC(=O)c1c(NC(=S)Nc2cccc(C(=O)NCc3ccccc3)c2)sc2c1CCC(C)C2. The van der Waals surface area contributed by atoms with Crippen LogP contribution in [-0.2, 0) is 24.1 Å². The van der Waals surface area contributed by atoms with Crippen LogP contribution in [0.15, 0.2) is 54.6 Å². The van der Waals surface area contributed by atoms with Gasteiger partial charge in [0.15, 0.2) is 5.11 Å². The van der Waals surface area contributed by atoms with Crippen molar-refractivity contribution in [3.8, 4) is 0 Å². The summed E-state index contributed by atoms with van der Waals surface area (Å²) >= 11 is 7.08. The molecule has 1 amide bonds. The number of methoxy groups -OCH3 is 1. The third-order valence-electron chi connectivity index (χ3n) is 5.81. The minimum absolute atomic E-state index is 0.167. The van der Waals surface area contributed by atoms with Gasteiger partial charge in [-0.2, -0.15) is 0 Å². The number of esters is 1. The van der Waals surface area contributed by atoms with Gasteiger partial charge in [0.1, 0.15) is 5.00 Å². The average molecular weight is 494 g/mol. The van der Waals surface area contributed by atoms with Crippen molar-refractivity contribution in [2.45, 2.75) is 32.7 Å². The van der Waals surface area contributed by atoms with Crippen molar-refractivity contribution in [3.63, 3.8) is 0 Å². The number of benzene rings is 2. The van der Waals surface area contributed by atoms with Crippen molar-refractivity contribution in [2.75, 3.05) is 17.7 Å². The Morgan fingerprint density at radius 1 is 1.12 bits per heavy atom. The molecule has 6 nitrogen and oxygen atoms in total. The largest absolute Gasteiger partial charge is 0.465 e. The lowest BCUT2D eigenvalue weighted by Crippen LogP contribution is -2.23. The van der Waals surface area contributed by atoms with E-state index in [0.29, 0.717) is 39.4 Å². The van der Waals surface area contributed by atoms with Crippen LogP contribution in [-0.4, -0.2) is 24.1 Å². The van der Waals surface area contributed by atoms with Gasteiger partial charge in [0.2, 0.25) is 0 Å². The van der Waals surface area contributed by atoms with Crippen molar-refractivity contribution < 1.29 is 14.3 Å². The van der Waals surface area contributed by atoms with Crippen LogP contribution in [0.25, 0.3) is 0 Å². The van der Waals surface area contributed by atoms with Crippen LogP contribution in [0.5, 0.6) is 0 Å². The molecule has 3 N–H and O–H groups in total. The average Bonchev–Trinajstić information content (AvgIpc) is 3.19. The molecule has 34 heavy (non-hydrogen) atoms. The highest BCUT2D eigenvalue weighted by molar-refractivity contribution is 7.80. The summed E-state index contributed by atoms with van der Waals surface area (Å²) in [4.78, 5) is 26.3. The summed E-state index contributed by atoms with van der Waals surface area (Å²) in [5, 5.41) is 10.3. The molecule has 0 radical (unpaired) electrons. The van der Waals surface area contributed by atoms with Crippen LogP contribution in [0, 0.1) is 5.92 Å². The summed E-state index contributed by atoms with van der Waals surface area (Å²) in [6.07, 6.45) is 2.86. The second-order valence-corrected chi connectivity index (χ2v) is 9.89. The first-order valence-corrected chi connectivity index (χ1v) is 12.4. The molecule has 176 valence electrons. The first kappa shape index (κ1) is 23.9. The fourth-order valence-corrected chi connectivity index (χ4v) is 5.73. The predicted octanol–water partition coefficient (Wildman–Crippen LogP) is 5.40. The highest BCUT2D eigenvalue weighted by atomic mass is 32.1. The standard InChI is InChI=1S/C26H27N3O3S2/c1-16-11-12-20-21(13-16)34-24(22(20)25(31)32-2)29-26(33)28-19-10-6-9-18(14-19)23(30)27-15-17-7-4-3-5-8-17/h3-10,14,16H,11-13,15H2,1-2H3,(H,27,30)(H2,28,29,33). The minimum Gasteiger partial charge on any atom is -0.465 e. The van der Waals surface area contributed by atoms with Crippen molar-refractivity contribution in [1.82, 2.24) is 5.32 Å². The molecule has 3 aromatic rings. The molecule has 0 fully saturated rings. The summed E-state index contributed by atoms with van der Waals surface area (Å²) in [5.41, 5.74) is 3.88. The lowest BCUT2D eigenvalue weighted by molar-refractivity contribution is 0.0600. The maximum absolute atomic E-state index is 12.6. The first-order chi connectivity index (χ1) is 16.4. The van der Waals surface area contributed by atoms with Crippen LogP contribution in [0.1, 0.15) is 50.1 Å². The lowest BCUT2D eigenvalue weighted by atomic mass is 9.88. The van der Waals surface area contributed by atoms with Crippen LogP contribution in [0.4, 0.5) is 10.7 Å². The smallest absolute Gasteiger partial charge is 0.341 e. The van der Waals surface area contributed by atoms with E-state index >= 15 is 0 Å². The molecule has 1 heterocycles. The van der Waals surface area contributed by atoms with E-state index in [0.717, 1.165) is 30.4 Å². The normalized spacial score (nSPS) is 14.6. The minimum atomic E-state index is -0.352. The van der Waals surface area contributed by atoms with E-state index in [1.165, 1.54) is 12.0 Å². The van der Waals surface area contributed by atoms with E-state index in [2.05, 4.69) is 22.9 Å². The van der Waals surface area contributed by atoms with Crippen molar-refractivity contribution >= 4 is 51.2 Å². The molecule has 4 rings (SSSR count). The molecule has 0 spiro atoms.